The Morgan fingerprint density at radius 2 is 1.83 bits per heavy atom. The summed E-state index contributed by atoms with van der Waals surface area (Å²) in [5.41, 5.74) is 5.35. The second kappa shape index (κ2) is 4.61. The summed E-state index contributed by atoms with van der Waals surface area (Å²) in [7, 11) is 0. The van der Waals surface area contributed by atoms with E-state index in [4.69, 9.17) is 5.11 Å². The molecule has 3 nitrogen and oxygen atoms in total. The van der Waals surface area contributed by atoms with Crippen LogP contribution in [0, 0.1) is 20.8 Å². The molecule has 0 atom stereocenters. The van der Waals surface area contributed by atoms with Crippen LogP contribution in [0.2, 0.25) is 0 Å². The largest absolute Gasteiger partial charge is 0.478 e. The predicted octanol–water partition coefficient (Wildman–Crippen LogP) is 3.37. The monoisotopic (exact) mass is 241 g/mol. The van der Waals surface area contributed by atoms with E-state index < -0.39 is 5.97 Å². The fourth-order valence-corrected chi connectivity index (χ4v) is 2.05. The Balaban J connectivity index is 2.54. The summed E-state index contributed by atoms with van der Waals surface area (Å²) in [5.74, 6) is -0.947. The standard InChI is InChI=1S/C15H15NO2/c1-9-4-5-13(10(2)6-9)14-11(3)7-12(8-16-14)15(17)18/h4-8H,1-3H3,(H,17,18). The maximum Gasteiger partial charge on any atom is 0.337 e. The van der Waals surface area contributed by atoms with Crippen molar-refractivity contribution in [1.29, 1.82) is 0 Å². The van der Waals surface area contributed by atoms with Gasteiger partial charge in [0.05, 0.1) is 11.3 Å². The summed E-state index contributed by atoms with van der Waals surface area (Å²) >= 11 is 0. The zero-order chi connectivity index (χ0) is 13.3. The van der Waals surface area contributed by atoms with Crippen LogP contribution in [-0.2, 0) is 0 Å². The van der Waals surface area contributed by atoms with E-state index in [1.165, 1.54) is 11.8 Å². The molecule has 0 aliphatic rings. The number of aryl methyl sites for hydroxylation is 3. The highest BCUT2D eigenvalue weighted by atomic mass is 16.4. The molecule has 2 rings (SSSR count). The fraction of sp³-hybridized carbons (Fsp3) is 0.200. The van der Waals surface area contributed by atoms with Crippen LogP contribution in [0.1, 0.15) is 27.0 Å². The van der Waals surface area contributed by atoms with Crippen LogP contribution in [0.25, 0.3) is 11.3 Å². The minimum Gasteiger partial charge on any atom is -0.478 e. The number of benzene rings is 1. The first-order valence-electron chi connectivity index (χ1n) is 5.76. The summed E-state index contributed by atoms with van der Waals surface area (Å²) < 4.78 is 0. The third kappa shape index (κ3) is 2.25. The van der Waals surface area contributed by atoms with Gasteiger partial charge in [-0.05, 0) is 38.0 Å². The first kappa shape index (κ1) is 12.3. The van der Waals surface area contributed by atoms with Gasteiger partial charge in [-0.1, -0.05) is 23.8 Å². The van der Waals surface area contributed by atoms with Crippen molar-refractivity contribution in [3.63, 3.8) is 0 Å². The average molecular weight is 241 g/mol. The summed E-state index contributed by atoms with van der Waals surface area (Å²) in [6.07, 6.45) is 1.41. The lowest BCUT2D eigenvalue weighted by atomic mass is 9.99. The normalized spacial score (nSPS) is 10.4. The molecule has 2 aromatic rings. The summed E-state index contributed by atoms with van der Waals surface area (Å²) in [6.45, 7) is 5.97. The van der Waals surface area contributed by atoms with Crippen LogP contribution in [0.15, 0.2) is 30.5 Å². The SMILES string of the molecule is Cc1ccc(-c2ncc(C(=O)O)cc2C)c(C)c1. The van der Waals surface area contributed by atoms with Crippen LogP contribution < -0.4 is 0 Å². The Hall–Kier alpha value is -2.16. The van der Waals surface area contributed by atoms with Crippen molar-refractivity contribution in [2.45, 2.75) is 20.8 Å². The van der Waals surface area contributed by atoms with Crippen molar-refractivity contribution in [1.82, 2.24) is 4.98 Å². The van der Waals surface area contributed by atoms with Gasteiger partial charge in [0.15, 0.2) is 0 Å². The van der Waals surface area contributed by atoms with Gasteiger partial charge in [0, 0.05) is 11.8 Å². The van der Waals surface area contributed by atoms with Gasteiger partial charge in [0.25, 0.3) is 0 Å². The number of hydrogen-bond acceptors (Lipinski definition) is 2. The van der Waals surface area contributed by atoms with E-state index in [1.54, 1.807) is 6.07 Å². The first-order chi connectivity index (χ1) is 8.49. The molecule has 0 fully saturated rings. The number of pyridine rings is 1. The average Bonchev–Trinajstić information content (AvgIpc) is 2.30. The molecule has 0 aliphatic heterocycles. The minimum absolute atomic E-state index is 0.223. The van der Waals surface area contributed by atoms with Gasteiger partial charge in [-0.25, -0.2) is 4.79 Å². The van der Waals surface area contributed by atoms with E-state index in [9.17, 15) is 4.79 Å². The van der Waals surface area contributed by atoms with E-state index in [0.717, 1.165) is 22.4 Å². The zero-order valence-electron chi connectivity index (χ0n) is 10.7. The van der Waals surface area contributed by atoms with Crippen LogP contribution in [-0.4, -0.2) is 16.1 Å². The maximum absolute atomic E-state index is 10.9. The Bertz CT molecular complexity index is 618. The third-order valence-electron chi connectivity index (χ3n) is 2.96. The van der Waals surface area contributed by atoms with Crippen molar-refractivity contribution in [3.05, 3.63) is 52.7 Å². The van der Waals surface area contributed by atoms with Gasteiger partial charge in [-0.2, -0.15) is 0 Å². The topological polar surface area (TPSA) is 50.2 Å². The highest BCUT2D eigenvalue weighted by Gasteiger charge is 2.10. The van der Waals surface area contributed by atoms with Crippen LogP contribution in [0.4, 0.5) is 0 Å². The molecule has 92 valence electrons. The van der Waals surface area contributed by atoms with E-state index in [-0.39, 0.29) is 5.56 Å². The lowest BCUT2D eigenvalue weighted by molar-refractivity contribution is 0.0696. The summed E-state index contributed by atoms with van der Waals surface area (Å²) in [4.78, 5) is 15.2. The molecule has 0 spiro atoms. The number of nitrogens with zero attached hydrogens (tertiary/aromatic N) is 1. The second-order valence-corrected chi connectivity index (χ2v) is 4.51. The number of carboxylic acid groups (broad SMARTS) is 1. The molecule has 1 aromatic heterocycles. The molecular formula is C15H15NO2. The Morgan fingerprint density at radius 1 is 1.11 bits per heavy atom. The molecule has 0 amide bonds. The van der Waals surface area contributed by atoms with E-state index in [2.05, 4.69) is 11.1 Å². The van der Waals surface area contributed by atoms with Crippen molar-refractivity contribution < 1.29 is 9.90 Å². The molecule has 0 radical (unpaired) electrons. The zero-order valence-corrected chi connectivity index (χ0v) is 10.7. The lowest BCUT2D eigenvalue weighted by Gasteiger charge is -2.09. The molecule has 0 aliphatic carbocycles. The Morgan fingerprint density at radius 3 is 2.39 bits per heavy atom. The first-order valence-corrected chi connectivity index (χ1v) is 5.76. The third-order valence-corrected chi connectivity index (χ3v) is 2.96. The van der Waals surface area contributed by atoms with E-state index >= 15 is 0 Å². The quantitative estimate of drug-likeness (QED) is 0.876. The number of hydrogen-bond donors (Lipinski definition) is 1. The highest BCUT2D eigenvalue weighted by Crippen LogP contribution is 2.25. The van der Waals surface area contributed by atoms with Gasteiger partial charge >= 0.3 is 5.97 Å². The number of carboxylic acids is 1. The molecule has 0 bridgehead atoms. The molecule has 0 saturated carbocycles. The van der Waals surface area contributed by atoms with Gasteiger partial charge in [-0.3, -0.25) is 4.98 Å². The van der Waals surface area contributed by atoms with Crippen molar-refractivity contribution >= 4 is 5.97 Å². The van der Waals surface area contributed by atoms with Gasteiger partial charge in [0.1, 0.15) is 0 Å². The van der Waals surface area contributed by atoms with Gasteiger partial charge < -0.3 is 5.11 Å². The molecule has 1 aromatic carbocycles. The van der Waals surface area contributed by atoms with Crippen LogP contribution >= 0.6 is 0 Å². The molecule has 0 unspecified atom stereocenters. The smallest absolute Gasteiger partial charge is 0.337 e. The van der Waals surface area contributed by atoms with Crippen LogP contribution in [0.5, 0.6) is 0 Å². The number of carbonyl (C=O) groups is 1. The molecule has 1 heterocycles. The second-order valence-electron chi connectivity index (χ2n) is 4.51. The molecule has 1 N–H and O–H groups in total. The Labute approximate surface area is 106 Å². The molecular weight excluding hydrogens is 226 g/mol. The van der Waals surface area contributed by atoms with Crippen LogP contribution in [0.3, 0.4) is 0 Å². The van der Waals surface area contributed by atoms with Crippen molar-refractivity contribution in [2.75, 3.05) is 0 Å². The highest BCUT2D eigenvalue weighted by molar-refractivity contribution is 5.88. The maximum atomic E-state index is 10.9. The van der Waals surface area contributed by atoms with Crippen molar-refractivity contribution in [3.8, 4) is 11.3 Å². The van der Waals surface area contributed by atoms with E-state index in [1.807, 2.05) is 32.9 Å². The Kier molecular flexibility index (Phi) is 3.15. The number of aromatic carboxylic acids is 1. The number of aromatic nitrogens is 1. The lowest BCUT2D eigenvalue weighted by Crippen LogP contribution is -2.00. The molecule has 18 heavy (non-hydrogen) atoms. The summed E-state index contributed by atoms with van der Waals surface area (Å²) in [6, 6.07) is 7.82. The minimum atomic E-state index is -0.947. The predicted molar refractivity (Wildman–Crippen MR) is 70.8 cm³/mol. The molecule has 0 saturated heterocycles. The van der Waals surface area contributed by atoms with Gasteiger partial charge in [0.2, 0.25) is 0 Å². The number of rotatable bonds is 2. The van der Waals surface area contributed by atoms with Crippen molar-refractivity contribution in [2.24, 2.45) is 0 Å². The fourth-order valence-electron chi connectivity index (χ4n) is 2.05. The van der Waals surface area contributed by atoms with Gasteiger partial charge in [-0.15, -0.1) is 0 Å². The molecule has 3 heteroatoms. The van der Waals surface area contributed by atoms with E-state index in [0.29, 0.717) is 0 Å². The summed E-state index contributed by atoms with van der Waals surface area (Å²) in [5, 5.41) is 8.92.